The number of para-hydroxylation sites is 1. The highest BCUT2D eigenvalue weighted by Gasteiger charge is 2.10. The minimum atomic E-state index is -0.0507. The lowest BCUT2D eigenvalue weighted by Crippen LogP contribution is -2.12. The number of hydrogen-bond donors (Lipinski definition) is 1. The Bertz CT molecular complexity index is 1150. The molecule has 0 aliphatic rings. The Morgan fingerprint density at radius 2 is 1.68 bits per heavy atom. The minimum absolute atomic E-state index is 0.0507. The first-order valence-corrected chi connectivity index (χ1v) is 9.10. The summed E-state index contributed by atoms with van der Waals surface area (Å²) in [4.78, 5) is 12.4. The van der Waals surface area contributed by atoms with Crippen molar-refractivity contribution in [1.29, 1.82) is 0 Å². The molecular formula is C23H21NO4. The maximum absolute atomic E-state index is 12.4. The van der Waals surface area contributed by atoms with Gasteiger partial charge in [-0.15, -0.1) is 0 Å². The summed E-state index contributed by atoms with van der Waals surface area (Å²) < 4.78 is 16.4. The van der Waals surface area contributed by atoms with Gasteiger partial charge in [-0.3, -0.25) is 4.79 Å². The van der Waals surface area contributed by atoms with Gasteiger partial charge in [-0.2, -0.15) is 0 Å². The molecule has 0 atom stereocenters. The standard InChI is InChI=1S/C23H21NO4/c1-26-20-11-7-15(13-22(20)27-2)8-12-23(25)24-16-9-10-18-17-5-3-4-6-19(17)28-21(18)14-16/h3-7,9-11,13-14H,8,12H2,1-2H3,(H,24,25). The van der Waals surface area contributed by atoms with E-state index in [1.54, 1.807) is 14.2 Å². The number of carbonyl (C=O) groups excluding carboxylic acids is 1. The van der Waals surface area contributed by atoms with Crippen LogP contribution in [0, 0.1) is 0 Å². The first kappa shape index (κ1) is 17.9. The van der Waals surface area contributed by atoms with Gasteiger partial charge in [0.2, 0.25) is 5.91 Å². The topological polar surface area (TPSA) is 60.7 Å². The second-order valence-electron chi connectivity index (χ2n) is 6.55. The molecule has 3 aromatic carbocycles. The molecule has 4 rings (SSSR count). The van der Waals surface area contributed by atoms with Gasteiger partial charge in [0.25, 0.3) is 0 Å². The Labute approximate surface area is 162 Å². The van der Waals surface area contributed by atoms with Gasteiger partial charge < -0.3 is 19.2 Å². The van der Waals surface area contributed by atoms with Crippen molar-refractivity contribution in [3.63, 3.8) is 0 Å². The monoisotopic (exact) mass is 375 g/mol. The smallest absolute Gasteiger partial charge is 0.224 e. The van der Waals surface area contributed by atoms with Crippen LogP contribution in [0.25, 0.3) is 21.9 Å². The van der Waals surface area contributed by atoms with Crippen LogP contribution in [0.4, 0.5) is 5.69 Å². The Morgan fingerprint density at radius 1 is 0.893 bits per heavy atom. The van der Waals surface area contributed by atoms with E-state index >= 15 is 0 Å². The van der Waals surface area contributed by atoms with Gasteiger partial charge in [0, 0.05) is 28.9 Å². The van der Waals surface area contributed by atoms with E-state index in [4.69, 9.17) is 13.9 Å². The van der Waals surface area contributed by atoms with E-state index in [2.05, 4.69) is 5.32 Å². The van der Waals surface area contributed by atoms with Crippen LogP contribution in [0.15, 0.2) is 65.1 Å². The molecule has 0 unspecified atom stereocenters. The summed E-state index contributed by atoms with van der Waals surface area (Å²) in [5, 5.41) is 5.06. The molecule has 1 aromatic heterocycles. The molecule has 0 bridgehead atoms. The van der Waals surface area contributed by atoms with E-state index in [0.717, 1.165) is 33.2 Å². The molecule has 142 valence electrons. The van der Waals surface area contributed by atoms with Crippen LogP contribution in [-0.4, -0.2) is 20.1 Å². The summed E-state index contributed by atoms with van der Waals surface area (Å²) in [5.74, 6) is 1.29. The molecule has 28 heavy (non-hydrogen) atoms. The third kappa shape index (κ3) is 3.51. The van der Waals surface area contributed by atoms with Gasteiger partial charge in [0.05, 0.1) is 14.2 Å². The van der Waals surface area contributed by atoms with E-state index in [0.29, 0.717) is 24.3 Å². The number of methoxy groups -OCH3 is 2. The van der Waals surface area contributed by atoms with Crippen molar-refractivity contribution in [2.24, 2.45) is 0 Å². The highest BCUT2D eigenvalue weighted by Crippen LogP contribution is 2.30. The fourth-order valence-corrected chi connectivity index (χ4v) is 3.32. The minimum Gasteiger partial charge on any atom is -0.493 e. The van der Waals surface area contributed by atoms with Gasteiger partial charge in [0.15, 0.2) is 11.5 Å². The maximum atomic E-state index is 12.4. The Balaban J connectivity index is 1.44. The number of nitrogens with one attached hydrogen (secondary N) is 1. The Kier molecular flexibility index (Phi) is 4.89. The zero-order valence-electron chi connectivity index (χ0n) is 15.8. The number of anilines is 1. The lowest BCUT2D eigenvalue weighted by atomic mass is 10.1. The second-order valence-corrected chi connectivity index (χ2v) is 6.55. The van der Waals surface area contributed by atoms with Crippen LogP contribution in [0.2, 0.25) is 0 Å². The van der Waals surface area contributed by atoms with Crippen molar-refractivity contribution in [3.05, 3.63) is 66.2 Å². The number of ether oxygens (including phenoxy) is 2. The zero-order valence-corrected chi connectivity index (χ0v) is 15.8. The first-order chi connectivity index (χ1) is 13.7. The third-order valence-electron chi connectivity index (χ3n) is 4.75. The summed E-state index contributed by atoms with van der Waals surface area (Å²) >= 11 is 0. The number of amides is 1. The van der Waals surface area contributed by atoms with Gasteiger partial charge in [-0.25, -0.2) is 0 Å². The zero-order chi connectivity index (χ0) is 19.5. The van der Waals surface area contributed by atoms with Crippen molar-refractivity contribution in [3.8, 4) is 11.5 Å². The maximum Gasteiger partial charge on any atom is 0.224 e. The molecular weight excluding hydrogens is 354 g/mol. The first-order valence-electron chi connectivity index (χ1n) is 9.10. The highest BCUT2D eigenvalue weighted by molar-refractivity contribution is 6.06. The van der Waals surface area contributed by atoms with E-state index in [9.17, 15) is 4.79 Å². The number of carbonyl (C=O) groups is 1. The molecule has 1 amide bonds. The predicted octanol–water partition coefficient (Wildman–Crippen LogP) is 5.17. The molecule has 0 aliphatic heterocycles. The van der Waals surface area contributed by atoms with E-state index in [-0.39, 0.29) is 5.91 Å². The number of hydrogen-bond acceptors (Lipinski definition) is 4. The molecule has 0 saturated heterocycles. The average Bonchev–Trinajstić information content (AvgIpc) is 3.09. The van der Waals surface area contributed by atoms with Crippen LogP contribution < -0.4 is 14.8 Å². The molecule has 5 heteroatoms. The lowest BCUT2D eigenvalue weighted by molar-refractivity contribution is -0.116. The molecule has 5 nitrogen and oxygen atoms in total. The van der Waals surface area contributed by atoms with E-state index in [1.165, 1.54) is 0 Å². The molecule has 0 aliphatic carbocycles. The summed E-state index contributed by atoms with van der Waals surface area (Å²) in [6, 6.07) is 19.3. The van der Waals surface area contributed by atoms with Crippen LogP contribution in [-0.2, 0) is 11.2 Å². The van der Waals surface area contributed by atoms with Crippen LogP contribution in [0.3, 0.4) is 0 Å². The summed E-state index contributed by atoms with van der Waals surface area (Å²) in [6.07, 6.45) is 0.979. The van der Waals surface area contributed by atoms with E-state index in [1.807, 2.05) is 60.7 Å². The second kappa shape index (κ2) is 7.64. The Morgan fingerprint density at radius 3 is 2.50 bits per heavy atom. The van der Waals surface area contributed by atoms with Crippen molar-refractivity contribution in [1.82, 2.24) is 0 Å². The van der Waals surface area contributed by atoms with Crippen LogP contribution >= 0.6 is 0 Å². The number of aryl methyl sites for hydroxylation is 1. The highest BCUT2D eigenvalue weighted by atomic mass is 16.5. The van der Waals surface area contributed by atoms with Crippen LogP contribution in [0.1, 0.15) is 12.0 Å². The van der Waals surface area contributed by atoms with Gasteiger partial charge in [-0.05, 0) is 42.3 Å². The molecule has 4 aromatic rings. The van der Waals surface area contributed by atoms with Gasteiger partial charge in [-0.1, -0.05) is 24.3 Å². The van der Waals surface area contributed by atoms with Gasteiger partial charge in [0.1, 0.15) is 11.2 Å². The predicted molar refractivity (Wildman–Crippen MR) is 110 cm³/mol. The fraction of sp³-hybridized carbons (Fsp3) is 0.174. The average molecular weight is 375 g/mol. The summed E-state index contributed by atoms with van der Waals surface area (Å²) in [5.41, 5.74) is 3.35. The normalized spacial score (nSPS) is 10.9. The van der Waals surface area contributed by atoms with Crippen molar-refractivity contribution < 1.29 is 18.7 Å². The molecule has 0 spiro atoms. The number of fused-ring (bicyclic) bond motifs is 3. The van der Waals surface area contributed by atoms with Crippen molar-refractivity contribution >= 4 is 33.5 Å². The summed E-state index contributed by atoms with van der Waals surface area (Å²) in [7, 11) is 3.20. The summed E-state index contributed by atoms with van der Waals surface area (Å²) in [6.45, 7) is 0. The van der Waals surface area contributed by atoms with Crippen LogP contribution in [0.5, 0.6) is 11.5 Å². The number of rotatable bonds is 6. The third-order valence-corrected chi connectivity index (χ3v) is 4.75. The van der Waals surface area contributed by atoms with Crippen molar-refractivity contribution in [2.75, 3.05) is 19.5 Å². The fourth-order valence-electron chi connectivity index (χ4n) is 3.32. The molecule has 0 fully saturated rings. The molecule has 0 saturated carbocycles. The lowest BCUT2D eigenvalue weighted by Gasteiger charge is -2.10. The molecule has 1 N–H and O–H groups in total. The Hall–Kier alpha value is -3.47. The quantitative estimate of drug-likeness (QED) is 0.505. The van der Waals surface area contributed by atoms with Crippen molar-refractivity contribution in [2.45, 2.75) is 12.8 Å². The molecule has 1 heterocycles. The number of benzene rings is 3. The van der Waals surface area contributed by atoms with E-state index < -0.39 is 0 Å². The van der Waals surface area contributed by atoms with Gasteiger partial charge >= 0.3 is 0 Å². The number of furan rings is 1. The molecule has 0 radical (unpaired) electrons. The SMILES string of the molecule is COc1ccc(CCC(=O)Nc2ccc3c(c2)oc2ccccc23)cc1OC. The largest absolute Gasteiger partial charge is 0.493 e.